The lowest BCUT2D eigenvalue weighted by Crippen LogP contribution is -2.67. The highest BCUT2D eigenvalue weighted by atomic mass is 19.1. The van der Waals surface area contributed by atoms with Crippen LogP contribution in [0.5, 0.6) is 0 Å². The zero-order valence-corrected chi connectivity index (χ0v) is 20.0. The van der Waals surface area contributed by atoms with E-state index in [1.165, 1.54) is 24.7 Å². The molecule has 10 nitrogen and oxygen atoms in total. The molecule has 4 heterocycles. The number of nitrogens with zero attached hydrogens (tertiary/aromatic N) is 4. The molecule has 1 aromatic carbocycles. The lowest BCUT2D eigenvalue weighted by atomic mass is 9.82. The molecule has 3 N–H and O–H groups in total. The van der Waals surface area contributed by atoms with Gasteiger partial charge in [-0.1, -0.05) is 6.07 Å². The van der Waals surface area contributed by atoms with Gasteiger partial charge in [0.25, 0.3) is 11.8 Å². The van der Waals surface area contributed by atoms with E-state index in [0.29, 0.717) is 39.0 Å². The fraction of sp³-hybridized carbons (Fsp3) is 0.480. The molecular weight excluding hydrogens is 465 g/mol. The van der Waals surface area contributed by atoms with Gasteiger partial charge in [0.1, 0.15) is 11.5 Å². The minimum atomic E-state index is -0.570. The van der Waals surface area contributed by atoms with Crippen molar-refractivity contribution in [3.8, 4) is 0 Å². The molecule has 190 valence electrons. The Kier molecular flexibility index (Phi) is 7.19. The summed E-state index contributed by atoms with van der Waals surface area (Å²) in [5, 5.41) is 3.44. The lowest BCUT2D eigenvalue weighted by Gasteiger charge is -2.41. The second kappa shape index (κ2) is 10.7. The van der Waals surface area contributed by atoms with Crippen molar-refractivity contribution in [1.29, 1.82) is 0 Å². The number of halogens is 1. The molecule has 0 spiro atoms. The monoisotopic (exact) mass is 495 g/mol. The number of amides is 3. The molecule has 1 aromatic heterocycles. The first-order valence-corrected chi connectivity index (χ1v) is 12.4. The predicted molar refractivity (Wildman–Crippen MR) is 128 cm³/mol. The number of piperidine rings is 1. The average Bonchev–Trinajstić information content (AvgIpc) is 3.18. The van der Waals surface area contributed by atoms with Gasteiger partial charge in [-0.2, -0.15) is 0 Å². The second-order valence-corrected chi connectivity index (χ2v) is 9.52. The van der Waals surface area contributed by atoms with Crippen LogP contribution in [0.2, 0.25) is 0 Å². The number of hydrogen-bond donors (Lipinski definition) is 3. The van der Waals surface area contributed by atoms with Crippen LogP contribution in [0.3, 0.4) is 0 Å². The number of aromatic nitrogens is 2. The summed E-state index contributed by atoms with van der Waals surface area (Å²) in [5.41, 5.74) is 6.95. The van der Waals surface area contributed by atoms with Crippen molar-refractivity contribution < 1.29 is 18.8 Å². The third-order valence-electron chi connectivity index (χ3n) is 7.23. The van der Waals surface area contributed by atoms with Crippen molar-refractivity contribution >= 4 is 17.7 Å². The molecule has 0 radical (unpaired) electrons. The van der Waals surface area contributed by atoms with Crippen LogP contribution in [0.25, 0.3) is 0 Å². The summed E-state index contributed by atoms with van der Waals surface area (Å²) >= 11 is 0. The van der Waals surface area contributed by atoms with Crippen LogP contribution < -0.4 is 16.2 Å². The molecule has 0 bridgehead atoms. The molecule has 36 heavy (non-hydrogen) atoms. The first kappa shape index (κ1) is 24.3. The van der Waals surface area contributed by atoms with Gasteiger partial charge in [-0.3, -0.25) is 24.8 Å². The van der Waals surface area contributed by atoms with E-state index >= 15 is 0 Å². The van der Waals surface area contributed by atoms with Gasteiger partial charge in [0, 0.05) is 50.7 Å². The molecule has 3 amide bonds. The first-order chi connectivity index (χ1) is 17.5. The van der Waals surface area contributed by atoms with E-state index in [0.717, 1.165) is 24.9 Å². The zero-order valence-electron chi connectivity index (χ0n) is 20.0. The summed E-state index contributed by atoms with van der Waals surface area (Å²) in [5.74, 6) is -1.30. The summed E-state index contributed by atoms with van der Waals surface area (Å²) in [6, 6.07) is 4.55. The van der Waals surface area contributed by atoms with E-state index in [1.807, 2.05) is 0 Å². The van der Waals surface area contributed by atoms with E-state index in [-0.39, 0.29) is 47.0 Å². The lowest BCUT2D eigenvalue weighted by molar-refractivity contribution is -0.131. The summed E-state index contributed by atoms with van der Waals surface area (Å²) in [4.78, 5) is 49.5. The van der Waals surface area contributed by atoms with E-state index in [9.17, 15) is 18.8 Å². The van der Waals surface area contributed by atoms with Crippen molar-refractivity contribution in [2.45, 2.75) is 37.8 Å². The maximum absolute atomic E-state index is 14.8. The Balaban J connectivity index is 1.26. The number of rotatable bonds is 4. The summed E-state index contributed by atoms with van der Waals surface area (Å²) < 4.78 is 14.8. The Morgan fingerprint density at radius 1 is 1.06 bits per heavy atom. The maximum atomic E-state index is 14.8. The Hall–Kier alpha value is -3.44. The molecule has 2 aromatic rings. The first-order valence-electron chi connectivity index (χ1n) is 12.4. The molecule has 3 unspecified atom stereocenters. The minimum Gasteiger partial charge on any atom is -0.337 e. The van der Waals surface area contributed by atoms with Gasteiger partial charge in [-0.05, 0) is 49.9 Å². The fourth-order valence-corrected chi connectivity index (χ4v) is 5.34. The standard InChI is InChI=1S/C25H30FN7O3/c26-19-5-4-16(14-20-22-17(3-1-6-29-22)23(34)31-30-20)13-18(19)24(35)32-9-2-10-33(12-11-32)25(36)21-15-27-7-8-28-21/h4-5,7-8,13,15,17,20,22,29-30H,1-3,6,9-12,14H2,(H,31,34). The maximum Gasteiger partial charge on any atom is 0.274 e. The quantitative estimate of drug-likeness (QED) is 0.566. The summed E-state index contributed by atoms with van der Waals surface area (Å²) in [7, 11) is 0. The molecule has 3 aliphatic rings. The van der Waals surface area contributed by atoms with E-state index in [1.54, 1.807) is 21.9 Å². The summed E-state index contributed by atoms with van der Waals surface area (Å²) in [6.07, 6.45) is 7.31. The smallest absolute Gasteiger partial charge is 0.274 e. The molecule has 3 atom stereocenters. The van der Waals surface area contributed by atoms with Gasteiger partial charge in [0.15, 0.2) is 0 Å². The van der Waals surface area contributed by atoms with Gasteiger partial charge in [0.05, 0.1) is 17.7 Å². The van der Waals surface area contributed by atoms with Crippen molar-refractivity contribution in [3.63, 3.8) is 0 Å². The van der Waals surface area contributed by atoms with Crippen LogP contribution in [-0.2, 0) is 11.2 Å². The number of carbonyl (C=O) groups excluding carboxylic acids is 3. The largest absolute Gasteiger partial charge is 0.337 e. The molecule has 11 heteroatoms. The molecule has 5 rings (SSSR count). The molecule has 0 saturated carbocycles. The SMILES string of the molecule is O=C1NNC(Cc2ccc(F)c(C(=O)N3CCCN(C(=O)c4cnccn4)CC3)c2)C2NCCCC12. The van der Waals surface area contributed by atoms with Crippen LogP contribution >= 0.6 is 0 Å². The number of fused-ring (bicyclic) bond motifs is 1. The van der Waals surface area contributed by atoms with Crippen molar-refractivity contribution in [1.82, 2.24) is 35.9 Å². The predicted octanol–water partition coefficient (Wildman–Crippen LogP) is 0.518. The third kappa shape index (κ3) is 5.07. The molecule has 0 aliphatic carbocycles. The van der Waals surface area contributed by atoms with Crippen LogP contribution in [-0.4, -0.2) is 82.3 Å². The van der Waals surface area contributed by atoms with E-state index in [4.69, 9.17) is 0 Å². The highest BCUT2D eigenvalue weighted by Gasteiger charge is 2.40. The molecule has 3 aliphatic heterocycles. The van der Waals surface area contributed by atoms with Gasteiger partial charge < -0.3 is 15.1 Å². The number of hydrazine groups is 1. The van der Waals surface area contributed by atoms with Crippen molar-refractivity contribution in [2.24, 2.45) is 5.92 Å². The van der Waals surface area contributed by atoms with Gasteiger partial charge in [-0.15, -0.1) is 0 Å². The van der Waals surface area contributed by atoms with Crippen LogP contribution in [0.15, 0.2) is 36.8 Å². The fourth-order valence-electron chi connectivity index (χ4n) is 5.34. The van der Waals surface area contributed by atoms with E-state index < -0.39 is 5.82 Å². The molecule has 3 saturated heterocycles. The highest BCUT2D eigenvalue weighted by molar-refractivity contribution is 5.95. The minimum absolute atomic E-state index is 0.00794. The normalized spacial score (nSPS) is 24.5. The molecule has 3 fully saturated rings. The zero-order chi connectivity index (χ0) is 25.1. The Bertz CT molecular complexity index is 1130. The number of hydrogen-bond acceptors (Lipinski definition) is 7. The Morgan fingerprint density at radius 3 is 2.64 bits per heavy atom. The van der Waals surface area contributed by atoms with E-state index in [2.05, 4.69) is 26.1 Å². The van der Waals surface area contributed by atoms with Crippen LogP contribution in [0, 0.1) is 11.7 Å². The average molecular weight is 496 g/mol. The Labute approximate surface area is 208 Å². The van der Waals surface area contributed by atoms with Crippen molar-refractivity contribution in [3.05, 3.63) is 59.4 Å². The summed E-state index contributed by atoms with van der Waals surface area (Å²) in [6.45, 7) is 2.40. The topological polar surface area (TPSA) is 120 Å². The van der Waals surface area contributed by atoms with Gasteiger partial charge in [-0.25, -0.2) is 14.8 Å². The second-order valence-electron chi connectivity index (χ2n) is 9.52. The Morgan fingerprint density at radius 2 is 1.86 bits per heavy atom. The van der Waals surface area contributed by atoms with Crippen LogP contribution in [0.1, 0.15) is 45.7 Å². The third-order valence-corrected chi connectivity index (χ3v) is 7.23. The number of benzene rings is 1. The number of nitrogens with one attached hydrogen (secondary N) is 3. The van der Waals surface area contributed by atoms with Crippen molar-refractivity contribution in [2.75, 3.05) is 32.7 Å². The van der Waals surface area contributed by atoms with Crippen LogP contribution in [0.4, 0.5) is 4.39 Å². The highest BCUT2D eigenvalue weighted by Crippen LogP contribution is 2.24. The van der Waals surface area contributed by atoms with Gasteiger partial charge in [0.2, 0.25) is 5.91 Å². The number of carbonyl (C=O) groups is 3. The van der Waals surface area contributed by atoms with Gasteiger partial charge >= 0.3 is 0 Å². The molecular formula is C25H30FN7O3.